The summed E-state index contributed by atoms with van der Waals surface area (Å²) in [5.74, 6) is 0. The van der Waals surface area contributed by atoms with Crippen molar-refractivity contribution in [1.29, 1.82) is 0 Å². The van der Waals surface area contributed by atoms with Gasteiger partial charge in [0, 0.05) is 12.7 Å². The molecule has 0 saturated carbocycles. The summed E-state index contributed by atoms with van der Waals surface area (Å²) >= 11 is 0. The van der Waals surface area contributed by atoms with E-state index in [4.69, 9.17) is 4.74 Å². The molecule has 1 fully saturated rings. The Hall–Kier alpha value is -0.930. The molecule has 3 heteroatoms. The van der Waals surface area contributed by atoms with Crippen LogP contribution in [0, 0.1) is 0 Å². The Morgan fingerprint density at radius 3 is 3.08 bits per heavy atom. The minimum absolute atomic E-state index is 0.163. The van der Waals surface area contributed by atoms with Crippen LogP contribution in [0.1, 0.15) is 11.8 Å². The monoisotopic (exact) mass is 164 g/mol. The lowest BCUT2D eigenvalue weighted by molar-refractivity contribution is 0.0931. The van der Waals surface area contributed by atoms with Crippen LogP contribution in [0.2, 0.25) is 0 Å². The molecule has 1 saturated heterocycles. The van der Waals surface area contributed by atoms with E-state index in [1.54, 1.807) is 6.20 Å². The highest BCUT2D eigenvalue weighted by molar-refractivity contribution is 5.08. The summed E-state index contributed by atoms with van der Waals surface area (Å²) in [6.07, 6.45) is 1.97. The van der Waals surface area contributed by atoms with E-state index in [0.29, 0.717) is 6.73 Å². The number of rotatable bonds is 1. The van der Waals surface area contributed by atoms with E-state index in [1.807, 2.05) is 25.2 Å². The third-order valence-corrected chi connectivity index (χ3v) is 1.99. The molecule has 0 aromatic carbocycles. The first-order valence-corrected chi connectivity index (χ1v) is 4.07. The number of nitrogens with zero attached hydrogens (tertiary/aromatic N) is 2. The molecule has 1 atom stereocenters. The normalized spacial score (nSPS) is 24.6. The minimum Gasteiger partial charge on any atom is -0.355 e. The van der Waals surface area contributed by atoms with Gasteiger partial charge in [-0.05, 0) is 19.2 Å². The average molecular weight is 164 g/mol. The van der Waals surface area contributed by atoms with Gasteiger partial charge in [-0.1, -0.05) is 6.07 Å². The van der Waals surface area contributed by atoms with E-state index >= 15 is 0 Å². The second-order valence-corrected chi connectivity index (χ2v) is 3.08. The fourth-order valence-electron chi connectivity index (χ4n) is 1.35. The summed E-state index contributed by atoms with van der Waals surface area (Å²) in [6.45, 7) is 1.65. The molecule has 1 aromatic heterocycles. The first kappa shape index (κ1) is 7.71. The van der Waals surface area contributed by atoms with Gasteiger partial charge in [0.2, 0.25) is 0 Å². The summed E-state index contributed by atoms with van der Waals surface area (Å²) in [5.41, 5.74) is 1.03. The second kappa shape index (κ2) is 3.21. The Morgan fingerprint density at radius 2 is 2.50 bits per heavy atom. The van der Waals surface area contributed by atoms with Crippen LogP contribution in [0.15, 0.2) is 24.4 Å². The molecular formula is C9H12N2O. The smallest absolute Gasteiger partial charge is 0.114 e. The maximum atomic E-state index is 5.51. The largest absolute Gasteiger partial charge is 0.355 e. The molecule has 1 aromatic rings. The fraction of sp³-hybridized carbons (Fsp3) is 0.444. The van der Waals surface area contributed by atoms with Crippen LogP contribution in [-0.4, -0.2) is 30.2 Å². The summed E-state index contributed by atoms with van der Waals surface area (Å²) in [5, 5.41) is 0. The van der Waals surface area contributed by atoms with Gasteiger partial charge in [-0.25, -0.2) is 0 Å². The van der Waals surface area contributed by atoms with E-state index < -0.39 is 0 Å². The lowest BCUT2D eigenvalue weighted by Crippen LogP contribution is -2.13. The summed E-state index contributed by atoms with van der Waals surface area (Å²) in [4.78, 5) is 6.38. The molecule has 0 unspecified atom stereocenters. The van der Waals surface area contributed by atoms with E-state index in [0.717, 1.165) is 12.2 Å². The molecule has 0 radical (unpaired) electrons. The van der Waals surface area contributed by atoms with Crippen molar-refractivity contribution in [2.24, 2.45) is 0 Å². The minimum atomic E-state index is 0.163. The second-order valence-electron chi connectivity index (χ2n) is 3.08. The molecule has 0 spiro atoms. The zero-order valence-electron chi connectivity index (χ0n) is 7.10. The van der Waals surface area contributed by atoms with Crippen molar-refractivity contribution in [1.82, 2.24) is 9.88 Å². The molecule has 0 amide bonds. The molecule has 1 aliphatic rings. The van der Waals surface area contributed by atoms with E-state index in [1.165, 1.54) is 0 Å². The average Bonchev–Trinajstić information content (AvgIpc) is 2.54. The highest BCUT2D eigenvalue weighted by atomic mass is 16.5. The molecule has 1 aliphatic heterocycles. The van der Waals surface area contributed by atoms with Crippen LogP contribution in [0.25, 0.3) is 0 Å². The van der Waals surface area contributed by atoms with Crippen LogP contribution in [0.5, 0.6) is 0 Å². The molecule has 2 rings (SSSR count). The van der Waals surface area contributed by atoms with Gasteiger partial charge in [-0.3, -0.25) is 9.88 Å². The molecule has 64 valence electrons. The van der Waals surface area contributed by atoms with Crippen molar-refractivity contribution >= 4 is 0 Å². The van der Waals surface area contributed by atoms with Crippen molar-refractivity contribution in [3.05, 3.63) is 30.1 Å². The van der Waals surface area contributed by atoms with Crippen LogP contribution >= 0.6 is 0 Å². The highest BCUT2D eigenvalue weighted by Crippen LogP contribution is 2.20. The van der Waals surface area contributed by atoms with Gasteiger partial charge in [-0.2, -0.15) is 0 Å². The third kappa shape index (κ3) is 1.47. The Bertz CT molecular complexity index is 250. The lowest BCUT2D eigenvalue weighted by Gasteiger charge is -2.06. The first-order valence-electron chi connectivity index (χ1n) is 4.07. The number of ether oxygens (including phenoxy) is 1. The van der Waals surface area contributed by atoms with Crippen LogP contribution in [-0.2, 0) is 4.74 Å². The van der Waals surface area contributed by atoms with Crippen LogP contribution in [0.4, 0.5) is 0 Å². The van der Waals surface area contributed by atoms with E-state index in [2.05, 4.69) is 9.88 Å². The van der Waals surface area contributed by atoms with Crippen LogP contribution in [0.3, 0.4) is 0 Å². The van der Waals surface area contributed by atoms with E-state index in [9.17, 15) is 0 Å². The Labute approximate surface area is 72.0 Å². The van der Waals surface area contributed by atoms with E-state index in [-0.39, 0.29) is 6.10 Å². The Balaban J connectivity index is 2.11. The Kier molecular flexibility index (Phi) is 2.06. The van der Waals surface area contributed by atoms with Crippen molar-refractivity contribution in [2.75, 3.05) is 20.3 Å². The van der Waals surface area contributed by atoms with Gasteiger partial charge >= 0.3 is 0 Å². The number of aromatic nitrogens is 1. The summed E-state index contributed by atoms with van der Waals surface area (Å²) in [7, 11) is 2.04. The van der Waals surface area contributed by atoms with Crippen molar-refractivity contribution < 1.29 is 4.74 Å². The zero-order chi connectivity index (χ0) is 8.39. The van der Waals surface area contributed by atoms with Gasteiger partial charge in [0.25, 0.3) is 0 Å². The zero-order valence-corrected chi connectivity index (χ0v) is 7.10. The molecule has 12 heavy (non-hydrogen) atoms. The van der Waals surface area contributed by atoms with Gasteiger partial charge in [-0.15, -0.1) is 0 Å². The summed E-state index contributed by atoms with van der Waals surface area (Å²) < 4.78 is 5.51. The molecular weight excluding hydrogens is 152 g/mol. The van der Waals surface area contributed by atoms with Crippen molar-refractivity contribution in [3.8, 4) is 0 Å². The van der Waals surface area contributed by atoms with Crippen LogP contribution < -0.4 is 0 Å². The quantitative estimate of drug-likeness (QED) is 0.620. The van der Waals surface area contributed by atoms with Crippen molar-refractivity contribution in [2.45, 2.75) is 6.10 Å². The molecule has 0 bridgehead atoms. The van der Waals surface area contributed by atoms with Gasteiger partial charge in [0.1, 0.15) is 6.10 Å². The predicted molar refractivity (Wildman–Crippen MR) is 45.6 cm³/mol. The number of hydrogen-bond donors (Lipinski definition) is 0. The maximum Gasteiger partial charge on any atom is 0.114 e. The molecule has 0 N–H and O–H groups in total. The highest BCUT2D eigenvalue weighted by Gasteiger charge is 2.22. The summed E-state index contributed by atoms with van der Waals surface area (Å²) in [6, 6.07) is 5.91. The number of hydrogen-bond acceptors (Lipinski definition) is 3. The number of likely N-dealkylation sites (N-methyl/N-ethyl adjacent to an activating group) is 1. The molecule has 2 heterocycles. The fourth-order valence-corrected chi connectivity index (χ4v) is 1.35. The van der Waals surface area contributed by atoms with Crippen molar-refractivity contribution in [3.63, 3.8) is 0 Å². The van der Waals surface area contributed by atoms with Gasteiger partial charge in [0.15, 0.2) is 0 Å². The molecule has 3 nitrogen and oxygen atoms in total. The van der Waals surface area contributed by atoms with Gasteiger partial charge in [0.05, 0.1) is 12.4 Å². The predicted octanol–water partition coefficient (Wildman–Crippen LogP) is 1.04. The van der Waals surface area contributed by atoms with Gasteiger partial charge < -0.3 is 4.74 Å². The standard InChI is InChI=1S/C9H12N2O/c1-11-6-9(12-7-11)8-4-2-3-5-10-8/h2-5,9H,6-7H2,1H3/t9-/m1/s1. The molecule has 0 aliphatic carbocycles. The third-order valence-electron chi connectivity index (χ3n) is 1.99. The topological polar surface area (TPSA) is 25.4 Å². The lowest BCUT2D eigenvalue weighted by atomic mass is 10.2. The maximum absolute atomic E-state index is 5.51. The SMILES string of the molecule is CN1CO[C@@H](c2ccccn2)C1. The first-order chi connectivity index (χ1) is 5.86. The number of pyridine rings is 1. The Morgan fingerprint density at radius 1 is 1.58 bits per heavy atom.